The summed E-state index contributed by atoms with van der Waals surface area (Å²) in [5, 5.41) is 10.8. The molecule has 0 radical (unpaired) electrons. The Morgan fingerprint density at radius 2 is 2.12 bits per heavy atom. The van der Waals surface area contributed by atoms with Gasteiger partial charge in [0.2, 0.25) is 0 Å². The summed E-state index contributed by atoms with van der Waals surface area (Å²) in [6.07, 6.45) is 1.56. The number of halogens is 1. The number of nitrogens with zero attached hydrogens (tertiary/aromatic N) is 1. The van der Waals surface area contributed by atoms with Crippen molar-refractivity contribution in [3.8, 4) is 0 Å². The Bertz CT molecular complexity index is 364. The van der Waals surface area contributed by atoms with Crippen molar-refractivity contribution < 1.29 is 5.11 Å². The van der Waals surface area contributed by atoms with Crippen molar-refractivity contribution >= 4 is 11.6 Å². The molecule has 3 nitrogen and oxygen atoms in total. The van der Waals surface area contributed by atoms with E-state index in [1.54, 1.807) is 0 Å². The van der Waals surface area contributed by atoms with Gasteiger partial charge < -0.3 is 15.7 Å². The van der Waals surface area contributed by atoms with E-state index in [9.17, 15) is 5.11 Å². The second-order valence-electron chi connectivity index (χ2n) is 4.71. The van der Waals surface area contributed by atoms with Gasteiger partial charge in [0.15, 0.2) is 0 Å². The van der Waals surface area contributed by atoms with E-state index in [-0.39, 0.29) is 0 Å². The molecule has 3 N–H and O–H groups in total. The number of aliphatic hydroxyl groups is 1. The van der Waals surface area contributed by atoms with Crippen molar-refractivity contribution in [3.05, 3.63) is 34.9 Å². The Kier molecular flexibility index (Phi) is 4.40. The minimum Gasteiger partial charge on any atom is -0.387 e. The first-order chi connectivity index (χ1) is 8.15. The predicted molar refractivity (Wildman–Crippen MR) is 70.1 cm³/mol. The van der Waals surface area contributed by atoms with Crippen molar-refractivity contribution in [2.75, 3.05) is 19.6 Å². The average Bonchev–Trinajstić information content (AvgIpc) is 2.32. The molecule has 1 aromatic rings. The standard InChI is InChI=1S/C13H19ClN2O/c14-11-3-1-2-10(8-11)13(17)9-16-6-4-12(15)5-7-16/h1-3,8,12-13,17H,4-7,9,15H2/t13-/m0/s1. The highest BCUT2D eigenvalue weighted by Crippen LogP contribution is 2.20. The molecule has 1 aliphatic heterocycles. The van der Waals surface area contributed by atoms with Gasteiger partial charge in [-0.2, -0.15) is 0 Å². The van der Waals surface area contributed by atoms with Crippen molar-refractivity contribution in [2.45, 2.75) is 25.0 Å². The topological polar surface area (TPSA) is 49.5 Å². The summed E-state index contributed by atoms with van der Waals surface area (Å²) in [7, 11) is 0. The number of benzene rings is 1. The maximum absolute atomic E-state index is 10.1. The molecule has 0 bridgehead atoms. The summed E-state index contributed by atoms with van der Waals surface area (Å²) in [6, 6.07) is 7.74. The second kappa shape index (κ2) is 5.83. The summed E-state index contributed by atoms with van der Waals surface area (Å²) in [6.45, 7) is 2.60. The third kappa shape index (κ3) is 3.68. The summed E-state index contributed by atoms with van der Waals surface area (Å²) in [4.78, 5) is 2.26. The summed E-state index contributed by atoms with van der Waals surface area (Å²) in [5.74, 6) is 0. The second-order valence-corrected chi connectivity index (χ2v) is 5.15. The molecule has 2 rings (SSSR count). The van der Waals surface area contributed by atoms with Crippen LogP contribution in [0.25, 0.3) is 0 Å². The van der Waals surface area contributed by atoms with E-state index in [1.807, 2.05) is 24.3 Å². The Morgan fingerprint density at radius 1 is 1.41 bits per heavy atom. The van der Waals surface area contributed by atoms with E-state index in [4.69, 9.17) is 17.3 Å². The quantitative estimate of drug-likeness (QED) is 0.865. The molecule has 0 unspecified atom stereocenters. The van der Waals surface area contributed by atoms with Crippen LogP contribution in [0.1, 0.15) is 24.5 Å². The first-order valence-electron chi connectivity index (χ1n) is 6.06. The van der Waals surface area contributed by atoms with E-state index in [0.29, 0.717) is 17.6 Å². The lowest BCUT2D eigenvalue weighted by atomic mass is 10.0. The number of aliphatic hydroxyl groups excluding tert-OH is 1. The molecule has 0 saturated carbocycles. The Labute approximate surface area is 107 Å². The lowest BCUT2D eigenvalue weighted by Crippen LogP contribution is -2.41. The van der Waals surface area contributed by atoms with Gasteiger partial charge in [0, 0.05) is 17.6 Å². The van der Waals surface area contributed by atoms with E-state index < -0.39 is 6.10 Å². The molecule has 1 heterocycles. The summed E-state index contributed by atoms with van der Waals surface area (Å²) >= 11 is 5.91. The predicted octanol–water partition coefficient (Wildman–Crippen LogP) is 1.80. The fourth-order valence-electron chi connectivity index (χ4n) is 2.20. The minimum absolute atomic E-state index is 0.328. The largest absolute Gasteiger partial charge is 0.387 e. The fourth-order valence-corrected chi connectivity index (χ4v) is 2.40. The van der Waals surface area contributed by atoms with Gasteiger partial charge in [-0.1, -0.05) is 23.7 Å². The van der Waals surface area contributed by atoms with Gasteiger partial charge in [-0.05, 0) is 43.6 Å². The molecule has 1 fully saturated rings. The van der Waals surface area contributed by atoms with Crippen molar-refractivity contribution in [1.29, 1.82) is 0 Å². The van der Waals surface area contributed by atoms with Crippen LogP contribution in [0.5, 0.6) is 0 Å². The first-order valence-corrected chi connectivity index (χ1v) is 6.44. The maximum Gasteiger partial charge on any atom is 0.0917 e. The molecular weight excluding hydrogens is 236 g/mol. The molecule has 94 valence electrons. The number of likely N-dealkylation sites (tertiary alicyclic amines) is 1. The molecule has 1 atom stereocenters. The van der Waals surface area contributed by atoms with Gasteiger partial charge in [-0.3, -0.25) is 0 Å². The number of rotatable bonds is 3. The van der Waals surface area contributed by atoms with Crippen LogP contribution in [0.4, 0.5) is 0 Å². The fraction of sp³-hybridized carbons (Fsp3) is 0.538. The molecule has 0 spiro atoms. The monoisotopic (exact) mass is 254 g/mol. The minimum atomic E-state index is -0.469. The maximum atomic E-state index is 10.1. The molecule has 0 amide bonds. The first kappa shape index (κ1) is 12.8. The summed E-state index contributed by atoms with van der Waals surface area (Å²) < 4.78 is 0. The lowest BCUT2D eigenvalue weighted by Gasteiger charge is -2.31. The molecule has 1 aromatic carbocycles. The molecule has 0 aromatic heterocycles. The van der Waals surface area contributed by atoms with Crippen molar-refractivity contribution in [2.24, 2.45) is 5.73 Å². The van der Waals surface area contributed by atoms with Gasteiger partial charge in [-0.25, -0.2) is 0 Å². The van der Waals surface area contributed by atoms with Crippen LogP contribution in [0, 0.1) is 0 Å². The Hall–Kier alpha value is -0.610. The highest BCUT2D eigenvalue weighted by Gasteiger charge is 2.19. The van der Waals surface area contributed by atoms with Crippen LogP contribution in [0.2, 0.25) is 5.02 Å². The van der Waals surface area contributed by atoms with Gasteiger partial charge in [0.1, 0.15) is 0 Å². The third-order valence-electron chi connectivity index (χ3n) is 3.30. The number of piperidine rings is 1. The van der Waals surface area contributed by atoms with Gasteiger partial charge in [-0.15, -0.1) is 0 Å². The smallest absolute Gasteiger partial charge is 0.0917 e. The van der Waals surface area contributed by atoms with Crippen LogP contribution in [-0.2, 0) is 0 Å². The van der Waals surface area contributed by atoms with E-state index in [1.165, 1.54) is 0 Å². The van der Waals surface area contributed by atoms with Crippen molar-refractivity contribution in [3.63, 3.8) is 0 Å². The molecule has 4 heteroatoms. The zero-order valence-corrected chi connectivity index (χ0v) is 10.6. The van der Waals surface area contributed by atoms with Gasteiger partial charge in [0.05, 0.1) is 6.10 Å². The van der Waals surface area contributed by atoms with Gasteiger partial charge >= 0.3 is 0 Å². The third-order valence-corrected chi connectivity index (χ3v) is 3.53. The zero-order chi connectivity index (χ0) is 12.3. The van der Waals surface area contributed by atoms with Crippen molar-refractivity contribution in [1.82, 2.24) is 4.90 Å². The van der Waals surface area contributed by atoms with E-state index in [2.05, 4.69) is 4.90 Å². The molecule has 1 saturated heterocycles. The number of hydrogen-bond acceptors (Lipinski definition) is 3. The Morgan fingerprint density at radius 3 is 2.76 bits per heavy atom. The zero-order valence-electron chi connectivity index (χ0n) is 9.85. The number of β-amino-alcohol motifs (C(OH)–C–C–N with tert-alkyl or cyclic N) is 1. The van der Waals surface area contributed by atoms with Crippen LogP contribution in [0.15, 0.2) is 24.3 Å². The number of hydrogen-bond donors (Lipinski definition) is 2. The van der Waals surface area contributed by atoms with E-state index in [0.717, 1.165) is 31.5 Å². The average molecular weight is 255 g/mol. The van der Waals surface area contributed by atoms with Crippen LogP contribution >= 0.6 is 11.6 Å². The van der Waals surface area contributed by atoms with E-state index >= 15 is 0 Å². The molecule has 1 aliphatic rings. The lowest BCUT2D eigenvalue weighted by molar-refractivity contribution is 0.0977. The number of nitrogens with two attached hydrogens (primary N) is 1. The molecular formula is C13H19ClN2O. The molecule has 0 aliphatic carbocycles. The highest BCUT2D eigenvalue weighted by atomic mass is 35.5. The summed E-state index contributed by atoms with van der Waals surface area (Å²) in [5.41, 5.74) is 6.73. The van der Waals surface area contributed by atoms with Crippen LogP contribution in [0.3, 0.4) is 0 Å². The van der Waals surface area contributed by atoms with Crippen LogP contribution in [-0.4, -0.2) is 35.7 Å². The Balaban J connectivity index is 1.90. The SMILES string of the molecule is NC1CCN(C[C@H](O)c2cccc(Cl)c2)CC1. The molecule has 17 heavy (non-hydrogen) atoms. The highest BCUT2D eigenvalue weighted by molar-refractivity contribution is 6.30. The van der Waals surface area contributed by atoms with Crippen LogP contribution < -0.4 is 5.73 Å². The van der Waals surface area contributed by atoms with Gasteiger partial charge in [0.25, 0.3) is 0 Å². The normalized spacial score (nSPS) is 20.4.